The summed E-state index contributed by atoms with van der Waals surface area (Å²) in [5.74, 6) is 0.987. The zero-order chi connectivity index (χ0) is 21.5. The Morgan fingerprint density at radius 2 is 1.97 bits per heavy atom. The highest BCUT2D eigenvalue weighted by Gasteiger charge is 2.19. The molecule has 0 bridgehead atoms. The van der Waals surface area contributed by atoms with Crippen molar-refractivity contribution in [2.45, 2.75) is 54.5 Å². The standard InChI is InChI=1S/C22H28N4O2S/c1-13(2)26-20(8-9-23-26)25-14(3)10-16(15(25)4)11-17-21(28)24-19(29-17)12-18(27)22(5,6)7/h8-13H,1-7H3,(H,24,28)/b17-11-,19-12-. The van der Waals surface area contributed by atoms with Gasteiger partial charge in [0.1, 0.15) is 5.82 Å². The highest BCUT2D eigenvalue weighted by atomic mass is 32.1. The molecular weight excluding hydrogens is 384 g/mol. The van der Waals surface area contributed by atoms with Gasteiger partial charge in [0, 0.05) is 35.0 Å². The number of aromatic nitrogens is 4. The fraction of sp³-hybridized carbons (Fsp3) is 0.409. The number of hydrogen-bond donors (Lipinski definition) is 1. The van der Waals surface area contributed by atoms with Crippen LogP contribution in [0.5, 0.6) is 0 Å². The first kappa shape index (κ1) is 21.0. The first-order chi connectivity index (χ1) is 13.5. The number of ketones is 1. The molecular formula is C22H28N4O2S. The number of hydrogen-bond acceptors (Lipinski definition) is 4. The molecule has 0 spiro atoms. The number of nitrogens with one attached hydrogen (secondary N) is 1. The third-order valence-electron chi connectivity index (χ3n) is 4.81. The smallest absolute Gasteiger partial charge is 0.266 e. The Bertz CT molecular complexity index is 1230. The van der Waals surface area contributed by atoms with Crippen LogP contribution in [0, 0.1) is 19.3 Å². The van der Waals surface area contributed by atoms with E-state index >= 15 is 0 Å². The zero-order valence-electron chi connectivity index (χ0n) is 18.0. The minimum absolute atomic E-state index is 0.0123. The first-order valence-corrected chi connectivity index (χ1v) is 10.5. The van der Waals surface area contributed by atoms with Crippen molar-refractivity contribution >= 4 is 29.3 Å². The molecule has 0 atom stereocenters. The highest BCUT2D eigenvalue weighted by Crippen LogP contribution is 2.23. The van der Waals surface area contributed by atoms with E-state index in [0.717, 1.165) is 22.8 Å². The Balaban J connectivity index is 2.10. The van der Waals surface area contributed by atoms with Crippen molar-refractivity contribution in [1.82, 2.24) is 19.3 Å². The molecule has 0 radical (unpaired) electrons. The number of carbonyl (C=O) groups is 1. The zero-order valence-corrected chi connectivity index (χ0v) is 18.8. The van der Waals surface area contributed by atoms with Crippen molar-refractivity contribution in [3.05, 3.63) is 54.8 Å². The lowest BCUT2D eigenvalue weighted by Crippen LogP contribution is -2.22. The van der Waals surface area contributed by atoms with Crippen LogP contribution in [0.1, 0.15) is 57.6 Å². The van der Waals surface area contributed by atoms with Crippen LogP contribution in [0.4, 0.5) is 0 Å². The van der Waals surface area contributed by atoms with Crippen molar-refractivity contribution in [2.75, 3.05) is 0 Å². The van der Waals surface area contributed by atoms with Gasteiger partial charge < -0.3 is 9.55 Å². The molecule has 1 N–H and O–H groups in total. The maximum Gasteiger partial charge on any atom is 0.266 e. The molecule has 3 heterocycles. The molecule has 29 heavy (non-hydrogen) atoms. The van der Waals surface area contributed by atoms with Gasteiger partial charge in [0.2, 0.25) is 0 Å². The second-order valence-corrected chi connectivity index (χ2v) is 9.66. The molecule has 3 aromatic heterocycles. The van der Waals surface area contributed by atoms with E-state index in [1.165, 1.54) is 17.4 Å². The summed E-state index contributed by atoms with van der Waals surface area (Å²) in [4.78, 5) is 27.5. The van der Waals surface area contributed by atoms with Crippen molar-refractivity contribution in [3.8, 4) is 5.82 Å². The van der Waals surface area contributed by atoms with E-state index in [-0.39, 0.29) is 17.4 Å². The average molecular weight is 413 g/mol. The van der Waals surface area contributed by atoms with Crippen molar-refractivity contribution in [1.29, 1.82) is 0 Å². The SMILES string of the molecule is Cc1cc(/C=c2\s/c(=C\C(=O)C(C)(C)C)[nH]c2=O)c(C)n1-c1ccnn1C(C)C. The topological polar surface area (TPSA) is 72.7 Å². The van der Waals surface area contributed by atoms with E-state index in [1.54, 1.807) is 6.20 Å². The minimum Gasteiger partial charge on any atom is -0.313 e. The van der Waals surface area contributed by atoms with Gasteiger partial charge in [-0.15, -0.1) is 11.3 Å². The van der Waals surface area contributed by atoms with Crippen LogP contribution in [0.25, 0.3) is 18.0 Å². The van der Waals surface area contributed by atoms with Crippen LogP contribution < -0.4 is 14.8 Å². The number of aromatic amines is 1. The summed E-state index contributed by atoms with van der Waals surface area (Å²) in [5, 5.41) is 4.43. The third kappa shape index (κ3) is 4.19. The van der Waals surface area contributed by atoms with Gasteiger partial charge in [0.15, 0.2) is 5.78 Å². The molecule has 0 aliphatic rings. The summed E-state index contributed by atoms with van der Waals surface area (Å²) in [6, 6.07) is 4.30. The van der Waals surface area contributed by atoms with Gasteiger partial charge >= 0.3 is 0 Å². The summed E-state index contributed by atoms with van der Waals surface area (Å²) < 4.78 is 5.28. The number of aryl methyl sites for hydroxylation is 1. The molecule has 3 rings (SSSR count). The Morgan fingerprint density at radius 1 is 1.28 bits per heavy atom. The predicted octanol–water partition coefficient (Wildman–Crippen LogP) is 2.85. The number of nitrogens with zero attached hydrogens (tertiary/aromatic N) is 3. The first-order valence-electron chi connectivity index (χ1n) is 9.69. The van der Waals surface area contributed by atoms with E-state index in [2.05, 4.69) is 34.6 Å². The molecule has 0 unspecified atom stereocenters. The monoisotopic (exact) mass is 412 g/mol. The van der Waals surface area contributed by atoms with Crippen molar-refractivity contribution in [3.63, 3.8) is 0 Å². The van der Waals surface area contributed by atoms with Crippen LogP contribution in [0.3, 0.4) is 0 Å². The molecule has 7 heteroatoms. The highest BCUT2D eigenvalue weighted by molar-refractivity contribution is 7.07. The summed E-state index contributed by atoms with van der Waals surface area (Å²) in [7, 11) is 0. The van der Waals surface area contributed by atoms with Gasteiger partial charge in [0.25, 0.3) is 5.56 Å². The number of Topliss-reactive ketones (excluding diaryl/α,β-unsaturated/α-hetero) is 1. The van der Waals surface area contributed by atoms with Gasteiger partial charge in [-0.3, -0.25) is 9.59 Å². The van der Waals surface area contributed by atoms with E-state index in [4.69, 9.17) is 0 Å². The van der Waals surface area contributed by atoms with E-state index in [1.807, 2.05) is 51.4 Å². The molecule has 0 saturated heterocycles. The summed E-state index contributed by atoms with van der Waals surface area (Å²) in [6.45, 7) is 13.9. The molecule has 0 aromatic carbocycles. The van der Waals surface area contributed by atoms with Crippen molar-refractivity contribution in [2.24, 2.45) is 5.41 Å². The fourth-order valence-electron chi connectivity index (χ4n) is 3.17. The van der Waals surface area contributed by atoms with Crippen LogP contribution >= 0.6 is 11.3 Å². The molecule has 0 aliphatic carbocycles. The molecule has 6 nitrogen and oxygen atoms in total. The Kier molecular flexibility index (Phi) is 5.54. The quantitative estimate of drug-likeness (QED) is 0.716. The average Bonchev–Trinajstić information content (AvgIpc) is 3.27. The van der Waals surface area contributed by atoms with E-state index in [0.29, 0.717) is 9.20 Å². The van der Waals surface area contributed by atoms with Gasteiger partial charge in [0.05, 0.1) is 15.4 Å². The van der Waals surface area contributed by atoms with Gasteiger partial charge in [-0.1, -0.05) is 20.8 Å². The van der Waals surface area contributed by atoms with Crippen LogP contribution in [-0.2, 0) is 4.79 Å². The number of rotatable bonds is 4. The van der Waals surface area contributed by atoms with Crippen LogP contribution in [-0.4, -0.2) is 25.1 Å². The molecule has 0 saturated carbocycles. The lowest BCUT2D eigenvalue weighted by Gasteiger charge is -2.15. The normalized spacial score (nSPS) is 13.7. The Hall–Kier alpha value is -2.67. The summed E-state index contributed by atoms with van der Waals surface area (Å²) in [6.07, 6.45) is 5.21. The second kappa shape index (κ2) is 7.63. The lowest BCUT2D eigenvalue weighted by atomic mass is 9.91. The predicted molar refractivity (Wildman–Crippen MR) is 118 cm³/mol. The van der Waals surface area contributed by atoms with E-state index < -0.39 is 5.41 Å². The summed E-state index contributed by atoms with van der Waals surface area (Å²) >= 11 is 1.30. The molecule has 0 aliphatic heterocycles. The molecule has 0 amide bonds. The van der Waals surface area contributed by atoms with Gasteiger partial charge in [-0.05, 0) is 45.4 Å². The van der Waals surface area contributed by atoms with Gasteiger partial charge in [-0.2, -0.15) is 5.10 Å². The third-order valence-corrected chi connectivity index (χ3v) is 5.77. The molecule has 0 fully saturated rings. The second-order valence-electron chi connectivity index (χ2n) is 8.58. The molecule has 154 valence electrons. The van der Waals surface area contributed by atoms with Gasteiger partial charge in [-0.25, -0.2) is 4.68 Å². The largest absolute Gasteiger partial charge is 0.313 e. The number of thiazole rings is 1. The maximum absolute atomic E-state index is 12.4. The number of H-pyrrole nitrogens is 1. The molecule has 3 aromatic rings. The minimum atomic E-state index is -0.477. The van der Waals surface area contributed by atoms with Crippen LogP contribution in [0.15, 0.2) is 23.1 Å². The van der Waals surface area contributed by atoms with Crippen LogP contribution in [0.2, 0.25) is 0 Å². The fourth-order valence-corrected chi connectivity index (χ4v) is 4.05. The lowest BCUT2D eigenvalue weighted by molar-refractivity contribution is -0.119. The van der Waals surface area contributed by atoms with Crippen molar-refractivity contribution < 1.29 is 4.79 Å². The Labute approximate surface area is 174 Å². The summed E-state index contributed by atoms with van der Waals surface area (Å²) in [5.41, 5.74) is 2.42. The maximum atomic E-state index is 12.4. The van der Waals surface area contributed by atoms with E-state index in [9.17, 15) is 9.59 Å². The Morgan fingerprint density at radius 3 is 2.59 bits per heavy atom. The number of carbonyl (C=O) groups excluding carboxylic acids is 1.